The molecule has 0 saturated carbocycles. The number of nitrogens with one attached hydrogen (secondary N) is 1. The molecule has 0 aliphatic carbocycles. The van der Waals surface area contributed by atoms with Gasteiger partial charge in [0.2, 0.25) is 0 Å². The molecule has 0 bridgehead atoms. The molecular formula is C50H53N5. The SMILES string of the molecule is CC(C)(C)c1cc(N2C=CN(c3cc(Nc4ccc5c6ccccc6n(-c6cc(C(C)(C)C)ccn6)c5c4)cc(-c4ccccc4)c3)C2)cc(C(C)(C)C)c1. The standard InChI is InChI=1S/C50H53N5/c1-48(2,3)36-21-22-51-47(30-36)55-45-18-14-13-17-43(45)44-20-19-39(32-46(44)55)52-40-25-35(34-15-11-10-12-16-34)26-41(31-40)53-23-24-54(33-53)42-28-37(49(4,5)6)27-38(29-42)50(7,8)9/h10-32,52H,33H2,1-9H3. The van der Waals surface area contributed by atoms with Gasteiger partial charge in [-0.25, -0.2) is 4.98 Å². The Hall–Kier alpha value is -5.81. The maximum absolute atomic E-state index is 4.90. The van der Waals surface area contributed by atoms with Crippen molar-refractivity contribution in [2.45, 2.75) is 78.6 Å². The second-order valence-electron chi connectivity index (χ2n) is 18.1. The molecule has 55 heavy (non-hydrogen) atoms. The number of benzene rings is 5. The summed E-state index contributed by atoms with van der Waals surface area (Å²) in [5.74, 6) is 0.928. The average molecular weight is 724 g/mol. The first-order valence-electron chi connectivity index (χ1n) is 19.5. The van der Waals surface area contributed by atoms with Gasteiger partial charge in [-0.2, -0.15) is 0 Å². The molecule has 5 aromatic carbocycles. The molecule has 1 aliphatic heterocycles. The second kappa shape index (κ2) is 13.5. The van der Waals surface area contributed by atoms with Crippen LogP contribution in [0.3, 0.4) is 0 Å². The van der Waals surface area contributed by atoms with Crippen LogP contribution in [0.1, 0.15) is 79.0 Å². The third-order valence-electron chi connectivity index (χ3n) is 10.9. The van der Waals surface area contributed by atoms with Crippen LogP contribution in [0.5, 0.6) is 0 Å². The molecule has 8 rings (SSSR count). The van der Waals surface area contributed by atoms with Gasteiger partial charge < -0.3 is 15.1 Å². The number of para-hydroxylation sites is 1. The maximum Gasteiger partial charge on any atom is 0.137 e. The number of fused-ring (bicyclic) bond motifs is 3. The fourth-order valence-electron chi connectivity index (χ4n) is 7.51. The Balaban J connectivity index is 1.18. The topological polar surface area (TPSA) is 36.3 Å². The van der Waals surface area contributed by atoms with Gasteiger partial charge in [-0.1, -0.05) is 123 Å². The number of nitrogens with zero attached hydrogens (tertiary/aromatic N) is 4. The lowest BCUT2D eigenvalue weighted by molar-refractivity contribution is 0.568. The number of pyridine rings is 1. The molecule has 2 aromatic heterocycles. The zero-order valence-corrected chi connectivity index (χ0v) is 33.8. The van der Waals surface area contributed by atoms with Gasteiger partial charge in [-0.05, 0) is 105 Å². The molecular weight excluding hydrogens is 671 g/mol. The normalized spacial score (nSPS) is 13.7. The third-order valence-corrected chi connectivity index (χ3v) is 10.9. The van der Waals surface area contributed by atoms with Crippen LogP contribution < -0.4 is 15.1 Å². The molecule has 3 heterocycles. The summed E-state index contributed by atoms with van der Waals surface area (Å²) >= 11 is 0. The van der Waals surface area contributed by atoms with Crippen molar-refractivity contribution < 1.29 is 0 Å². The Morgan fingerprint density at radius 3 is 1.78 bits per heavy atom. The molecule has 7 aromatic rings. The molecule has 0 atom stereocenters. The Labute approximate surface area is 327 Å². The van der Waals surface area contributed by atoms with Crippen molar-refractivity contribution >= 4 is 44.6 Å². The molecule has 0 amide bonds. The highest BCUT2D eigenvalue weighted by atomic mass is 15.3. The Bertz CT molecular complexity index is 2520. The van der Waals surface area contributed by atoms with E-state index < -0.39 is 0 Å². The van der Waals surface area contributed by atoms with Crippen LogP contribution in [0.2, 0.25) is 0 Å². The Kier molecular flexibility index (Phi) is 8.87. The van der Waals surface area contributed by atoms with Crippen LogP contribution >= 0.6 is 0 Å². The number of hydrogen-bond donors (Lipinski definition) is 1. The maximum atomic E-state index is 4.90. The van der Waals surface area contributed by atoms with Crippen LogP contribution in [0, 0.1) is 0 Å². The lowest BCUT2D eigenvalue weighted by Gasteiger charge is -2.29. The molecule has 1 N–H and O–H groups in total. The van der Waals surface area contributed by atoms with Gasteiger partial charge in [0.15, 0.2) is 0 Å². The van der Waals surface area contributed by atoms with Crippen molar-refractivity contribution in [2.75, 3.05) is 21.8 Å². The van der Waals surface area contributed by atoms with Crippen LogP contribution in [0.15, 0.2) is 140 Å². The van der Waals surface area contributed by atoms with E-state index in [1.54, 1.807) is 0 Å². The first-order valence-corrected chi connectivity index (χ1v) is 19.5. The van der Waals surface area contributed by atoms with E-state index in [0.717, 1.165) is 46.1 Å². The summed E-state index contributed by atoms with van der Waals surface area (Å²) in [6.07, 6.45) is 6.36. The number of aromatic nitrogens is 2. The van der Waals surface area contributed by atoms with E-state index in [9.17, 15) is 0 Å². The van der Waals surface area contributed by atoms with Crippen molar-refractivity contribution in [1.29, 1.82) is 0 Å². The summed E-state index contributed by atoms with van der Waals surface area (Å²) < 4.78 is 2.31. The van der Waals surface area contributed by atoms with E-state index in [1.165, 1.54) is 38.7 Å². The minimum atomic E-state index is 0.0119. The van der Waals surface area contributed by atoms with E-state index in [0.29, 0.717) is 0 Å². The smallest absolute Gasteiger partial charge is 0.137 e. The van der Waals surface area contributed by atoms with Gasteiger partial charge in [0, 0.05) is 52.1 Å². The molecule has 1 aliphatic rings. The summed E-state index contributed by atoms with van der Waals surface area (Å²) in [4.78, 5) is 9.60. The minimum Gasteiger partial charge on any atom is -0.355 e. The van der Waals surface area contributed by atoms with E-state index in [-0.39, 0.29) is 16.2 Å². The highest BCUT2D eigenvalue weighted by Crippen LogP contribution is 2.39. The lowest BCUT2D eigenvalue weighted by Crippen LogP contribution is -2.26. The number of hydrogen-bond acceptors (Lipinski definition) is 4. The first kappa shape index (κ1) is 36.2. The zero-order valence-electron chi connectivity index (χ0n) is 33.8. The molecule has 278 valence electrons. The highest BCUT2D eigenvalue weighted by molar-refractivity contribution is 6.10. The van der Waals surface area contributed by atoms with Crippen molar-refractivity contribution in [1.82, 2.24) is 9.55 Å². The summed E-state index contributed by atoms with van der Waals surface area (Å²) in [5.41, 5.74) is 13.1. The number of rotatable bonds is 6. The Morgan fingerprint density at radius 1 is 0.491 bits per heavy atom. The van der Waals surface area contributed by atoms with Gasteiger partial charge in [0.05, 0.1) is 17.7 Å². The zero-order chi connectivity index (χ0) is 38.7. The number of anilines is 4. The molecule has 5 nitrogen and oxygen atoms in total. The quantitative estimate of drug-likeness (QED) is 0.185. The van der Waals surface area contributed by atoms with Gasteiger partial charge in [0.25, 0.3) is 0 Å². The monoisotopic (exact) mass is 723 g/mol. The predicted molar refractivity (Wildman–Crippen MR) is 235 cm³/mol. The van der Waals surface area contributed by atoms with E-state index in [2.05, 4.69) is 216 Å². The summed E-state index contributed by atoms with van der Waals surface area (Å²) in [7, 11) is 0. The predicted octanol–water partition coefficient (Wildman–Crippen LogP) is 13.2. The summed E-state index contributed by atoms with van der Waals surface area (Å²) in [6.45, 7) is 21.3. The van der Waals surface area contributed by atoms with Crippen LogP contribution in [-0.2, 0) is 16.2 Å². The lowest BCUT2D eigenvalue weighted by atomic mass is 9.80. The minimum absolute atomic E-state index is 0.0119. The summed E-state index contributed by atoms with van der Waals surface area (Å²) in [5, 5.41) is 6.24. The van der Waals surface area contributed by atoms with Crippen molar-refractivity contribution in [3.8, 4) is 16.9 Å². The van der Waals surface area contributed by atoms with Crippen molar-refractivity contribution in [3.63, 3.8) is 0 Å². The molecule has 5 heteroatoms. The van der Waals surface area contributed by atoms with Crippen molar-refractivity contribution in [2.24, 2.45) is 0 Å². The van der Waals surface area contributed by atoms with Gasteiger partial charge in [-0.15, -0.1) is 0 Å². The fraction of sp³-hybridized carbons (Fsp3) is 0.260. The highest BCUT2D eigenvalue weighted by Gasteiger charge is 2.24. The van der Waals surface area contributed by atoms with Gasteiger partial charge in [-0.3, -0.25) is 4.57 Å². The molecule has 0 unspecified atom stereocenters. The van der Waals surface area contributed by atoms with Crippen LogP contribution in [0.25, 0.3) is 38.8 Å². The third kappa shape index (κ3) is 7.24. The van der Waals surface area contributed by atoms with Crippen LogP contribution in [-0.4, -0.2) is 16.2 Å². The first-order chi connectivity index (χ1) is 26.1. The van der Waals surface area contributed by atoms with Crippen molar-refractivity contribution in [3.05, 3.63) is 157 Å². The fourth-order valence-corrected chi connectivity index (χ4v) is 7.51. The molecule has 0 spiro atoms. The molecule has 0 radical (unpaired) electrons. The van der Waals surface area contributed by atoms with Crippen LogP contribution in [0.4, 0.5) is 22.7 Å². The van der Waals surface area contributed by atoms with E-state index >= 15 is 0 Å². The van der Waals surface area contributed by atoms with E-state index in [1.807, 2.05) is 6.20 Å². The van der Waals surface area contributed by atoms with Gasteiger partial charge in [0.1, 0.15) is 5.82 Å². The molecule has 0 saturated heterocycles. The van der Waals surface area contributed by atoms with E-state index in [4.69, 9.17) is 4.98 Å². The Morgan fingerprint density at radius 2 is 1.11 bits per heavy atom. The summed E-state index contributed by atoms with van der Waals surface area (Å²) in [6, 6.07) is 44.3. The average Bonchev–Trinajstić information content (AvgIpc) is 3.78. The largest absolute Gasteiger partial charge is 0.355 e. The van der Waals surface area contributed by atoms with Gasteiger partial charge >= 0.3 is 0 Å². The molecule has 0 fully saturated rings. The second-order valence-corrected chi connectivity index (χ2v) is 18.1.